The molecule has 4 rings (SSSR count). The van der Waals surface area contributed by atoms with Gasteiger partial charge in [-0.1, -0.05) is 0 Å². The molecule has 4 aliphatic rings. The Morgan fingerprint density at radius 3 is 2.00 bits per heavy atom. The molecule has 0 saturated heterocycles. The Balaban J connectivity index is 1.61. The van der Waals surface area contributed by atoms with Gasteiger partial charge in [0.05, 0.1) is 0 Å². The number of nitrogens with one attached hydrogen (secondary N) is 2. The second-order valence-electron chi connectivity index (χ2n) is 6.18. The van der Waals surface area contributed by atoms with Crippen LogP contribution in [0.3, 0.4) is 0 Å². The molecule has 0 aromatic carbocycles. The third-order valence-electron chi connectivity index (χ3n) is 4.65. The molecule has 3 amide bonds. The molecule has 0 aromatic rings. The fourth-order valence-corrected chi connectivity index (χ4v) is 4.60. The second-order valence-corrected chi connectivity index (χ2v) is 6.18. The van der Waals surface area contributed by atoms with E-state index < -0.39 is 12.1 Å². The molecule has 6 nitrogen and oxygen atoms in total. The number of carbonyl (C=O) groups is 2. The van der Waals surface area contributed by atoms with Gasteiger partial charge in [0.15, 0.2) is 0 Å². The molecule has 0 aromatic heterocycles. The van der Waals surface area contributed by atoms with Gasteiger partial charge >= 0.3 is 12.1 Å². The van der Waals surface area contributed by atoms with E-state index in [9.17, 15) is 9.59 Å². The van der Waals surface area contributed by atoms with Crippen LogP contribution in [0, 0.1) is 17.8 Å². The first-order valence-electron chi connectivity index (χ1n) is 6.59. The van der Waals surface area contributed by atoms with Crippen molar-refractivity contribution in [2.75, 3.05) is 0 Å². The van der Waals surface area contributed by atoms with Crippen molar-refractivity contribution in [3.8, 4) is 0 Å². The monoisotopic (exact) mass is 253 g/mol. The second kappa shape index (κ2) is 4.03. The number of nitrogens with two attached hydrogens (primary N) is 1. The molecule has 0 unspecified atom stereocenters. The topological polar surface area (TPSA) is 93.5 Å². The summed E-state index contributed by atoms with van der Waals surface area (Å²) >= 11 is 0. The minimum absolute atomic E-state index is 0.106. The van der Waals surface area contributed by atoms with Crippen LogP contribution in [-0.4, -0.2) is 17.7 Å². The van der Waals surface area contributed by atoms with Crippen molar-refractivity contribution in [3.05, 3.63) is 0 Å². The fourth-order valence-electron chi connectivity index (χ4n) is 4.60. The molecular weight excluding hydrogens is 234 g/mol. The number of amides is 3. The predicted molar refractivity (Wildman–Crippen MR) is 63.2 cm³/mol. The molecule has 100 valence electrons. The van der Waals surface area contributed by atoms with Gasteiger partial charge in [-0.2, -0.15) is 5.48 Å². The quantitative estimate of drug-likeness (QED) is 0.614. The van der Waals surface area contributed by atoms with Crippen LogP contribution >= 0.6 is 0 Å². The molecule has 0 heterocycles. The van der Waals surface area contributed by atoms with E-state index in [1.165, 1.54) is 19.3 Å². The zero-order valence-electron chi connectivity index (χ0n) is 10.3. The first kappa shape index (κ1) is 11.6. The van der Waals surface area contributed by atoms with Gasteiger partial charge in [0, 0.05) is 5.54 Å². The normalized spacial score (nSPS) is 40.3. The highest BCUT2D eigenvalue weighted by molar-refractivity contribution is 5.74. The molecule has 4 saturated carbocycles. The fraction of sp³-hybridized carbons (Fsp3) is 0.833. The Kier molecular flexibility index (Phi) is 2.60. The third kappa shape index (κ3) is 2.11. The third-order valence-corrected chi connectivity index (χ3v) is 4.65. The smallest absolute Gasteiger partial charge is 0.349 e. The maximum absolute atomic E-state index is 11.6. The lowest BCUT2D eigenvalue weighted by atomic mass is 9.53. The summed E-state index contributed by atoms with van der Waals surface area (Å²) in [7, 11) is 0. The van der Waals surface area contributed by atoms with Crippen molar-refractivity contribution in [3.63, 3.8) is 0 Å². The zero-order valence-corrected chi connectivity index (χ0v) is 10.3. The Labute approximate surface area is 106 Å². The lowest BCUT2D eigenvalue weighted by Gasteiger charge is -2.56. The molecule has 18 heavy (non-hydrogen) atoms. The molecule has 4 N–H and O–H groups in total. The Morgan fingerprint density at radius 2 is 1.56 bits per heavy atom. The predicted octanol–water partition coefficient (Wildman–Crippen LogP) is 1.26. The number of primary amides is 1. The first-order valence-corrected chi connectivity index (χ1v) is 6.59. The number of carbonyl (C=O) groups excluding carboxylic acids is 2. The van der Waals surface area contributed by atoms with Gasteiger partial charge in [0.25, 0.3) is 0 Å². The summed E-state index contributed by atoms with van der Waals surface area (Å²) < 4.78 is 0. The van der Waals surface area contributed by atoms with Crippen LogP contribution < -0.4 is 16.5 Å². The largest absolute Gasteiger partial charge is 0.432 e. The van der Waals surface area contributed by atoms with Crippen LogP contribution in [0.25, 0.3) is 0 Å². The maximum Gasteiger partial charge on any atom is 0.432 e. The summed E-state index contributed by atoms with van der Waals surface area (Å²) in [5.74, 6) is 2.25. The van der Waals surface area contributed by atoms with Gasteiger partial charge in [-0.3, -0.25) is 0 Å². The Hall–Kier alpha value is -1.46. The van der Waals surface area contributed by atoms with Crippen molar-refractivity contribution >= 4 is 12.1 Å². The minimum Gasteiger partial charge on any atom is -0.349 e. The average Bonchev–Trinajstić information content (AvgIpc) is 2.23. The van der Waals surface area contributed by atoms with Crippen LogP contribution in [-0.2, 0) is 4.84 Å². The maximum atomic E-state index is 11.6. The van der Waals surface area contributed by atoms with Gasteiger partial charge in [-0.15, -0.1) is 0 Å². The summed E-state index contributed by atoms with van der Waals surface area (Å²) in [5.41, 5.74) is 6.60. The van der Waals surface area contributed by atoms with Gasteiger partial charge in [-0.25, -0.2) is 9.59 Å². The highest BCUT2D eigenvalue weighted by atomic mass is 16.7. The van der Waals surface area contributed by atoms with Crippen LogP contribution in [0.1, 0.15) is 38.5 Å². The molecule has 4 aliphatic carbocycles. The van der Waals surface area contributed by atoms with Gasteiger partial charge in [0.2, 0.25) is 0 Å². The van der Waals surface area contributed by atoms with Gasteiger partial charge in [0.1, 0.15) is 0 Å². The number of urea groups is 1. The average molecular weight is 253 g/mol. The molecule has 0 aliphatic heterocycles. The zero-order chi connectivity index (χ0) is 12.8. The number of hydrogen-bond acceptors (Lipinski definition) is 3. The number of rotatable bonds is 1. The van der Waals surface area contributed by atoms with Crippen LogP contribution in [0.4, 0.5) is 9.59 Å². The van der Waals surface area contributed by atoms with Gasteiger partial charge < -0.3 is 15.9 Å². The lowest BCUT2D eigenvalue weighted by molar-refractivity contribution is -0.0215. The Morgan fingerprint density at radius 1 is 1.06 bits per heavy atom. The van der Waals surface area contributed by atoms with E-state index in [-0.39, 0.29) is 5.54 Å². The van der Waals surface area contributed by atoms with Crippen molar-refractivity contribution in [1.29, 1.82) is 0 Å². The molecule has 4 fully saturated rings. The minimum atomic E-state index is -0.865. The highest BCUT2D eigenvalue weighted by Gasteiger charge is 2.51. The standard InChI is InChI=1S/C12H19N3O3/c13-10(16)15-18-11(17)14-12-4-7-1-8(5-12)3-9(2-7)6-12/h7-9H,1-6H2,(H,14,17)(H3,13,15,16). The molecule has 6 heteroatoms. The molecule has 0 atom stereocenters. The van der Waals surface area contributed by atoms with Crippen LogP contribution in [0.5, 0.6) is 0 Å². The summed E-state index contributed by atoms with van der Waals surface area (Å²) in [6.07, 6.45) is 6.48. The summed E-state index contributed by atoms with van der Waals surface area (Å²) in [5, 5.41) is 2.95. The molecule has 0 radical (unpaired) electrons. The van der Waals surface area contributed by atoms with E-state index in [1.54, 1.807) is 0 Å². The Bertz CT molecular complexity index is 347. The van der Waals surface area contributed by atoms with Crippen LogP contribution in [0.2, 0.25) is 0 Å². The molecular formula is C12H19N3O3. The van der Waals surface area contributed by atoms with Crippen molar-refractivity contribution < 1.29 is 14.4 Å². The van der Waals surface area contributed by atoms with Crippen LogP contribution in [0.15, 0.2) is 0 Å². The first-order chi connectivity index (χ1) is 8.55. The van der Waals surface area contributed by atoms with E-state index in [4.69, 9.17) is 5.73 Å². The SMILES string of the molecule is NC(=O)NOC(=O)NC12CC3CC(CC(C3)C1)C2. The molecule has 4 bridgehead atoms. The van der Waals surface area contributed by atoms with E-state index in [1.807, 2.05) is 5.48 Å². The summed E-state index contributed by atoms with van der Waals surface area (Å²) in [4.78, 5) is 26.7. The van der Waals surface area contributed by atoms with Crippen molar-refractivity contribution in [1.82, 2.24) is 10.8 Å². The number of hydroxylamine groups is 1. The summed E-state index contributed by atoms with van der Waals surface area (Å²) in [6, 6.07) is -0.865. The number of hydrogen-bond donors (Lipinski definition) is 3. The van der Waals surface area contributed by atoms with Crippen molar-refractivity contribution in [2.45, 2.75) is 44.1 Å². The lowest BCUT2D eigenvalue weighted by Crippen LogP contribution is -2.60. The van der Waals surface area contributed by atoms with E-state index in [0.29, 0.717) is 0 Å². The highest BCUT2D eigenvalue weighted by Crippen LogP contribution is 2.55. The van der Waals surface area contributed by atoms with E-state index >= 15 is 0 Å². The van der Waals surface area contributed by atoms with E-state index in [0.717, 1.165) is 37.0 Å². The van der Waals surface area contributed by atoms with Gasteiger partial charge in [-0.05, 0) is 56.3 Å². The summed E-state index contributed by atoms with van der Waals surface area (Å²) in [6.45, 7) is 0. The van der Waals surface area contributed by atoms with E-state index in [2.05, 4.69) is 10.2 Å². The molecule has 0 spiro atoms. The van der Waals surface area contributed by atoms with Crippen molar-refractivity contribution in [2.24, 2.45) is 23.5 Å².